The quantitative estimate of drug-likeness (QED) is 0.334. The first-order valence-corrected chi connectivity index (χ1v) is 12.0. The summed E-state index contributed by atoms with van der Waals surface area (Å²) in [6.45, 7) is 4.22. The van der Waals surface area contributed by atoms with E-state index in [9.17, 15) is 8.42 Å². The van der Waals surface area contributed by atoms with Gasteiger partial charge >= 0.3 is 0 Å². The number of ether oxygens (including phenoxy) is 1. The van der Waals surface area contributed by atoms with Crippen molar-refractivity contribution in [2.24, 2.45) is 0 Å². The molecule has 0 fully saturated rings. The van der Waals surface area contributed by atoms with Crippen LogP contribution in [-0.2, 0) is 10.0 Å². The van der Waals surface area contributed by atoms with E-state index in [0.29, 0.717) is 23.1 Å². The van der Waals surface area contributed by atoms with Crippen LogP contribution in [0.2, 0.25) is 5.02 Å². The number of hydrogen-bond acceptors (Lipinski definition) is 4. The maximum Gasteiger partial charge on any atom is 0.242 e. The molecule has 0 N–H and O–H groups in total. The number of benzene rings is 3. The van der Waals surface area contributed by atoms with Crippen molar-refractivity contribution in [1.29, 1.82) is 0 Å². The summed E-state index contributed by atoms with van der Waals surface area (Å²) in [5.74, 6) is 1.20. The summed E-state index contributed by atoms with van der Waals surface area (Å²) >= 11 is 6.35. The average Bonchev–Trinajstić information content (AvgIpc) is 2.79. The van der Waals surface area contributed by atoms with E-state index in [1.165, 1.54) is 4.31 Å². The molecule has 1 heterocycles. The number of hydrogen-bond donors (Lipinski definition) is 0. The highest BCUT2D eigenvalue weighted by Gasteiger charge is 2.19. The van der Waals surface area contributed by atoms with Gasteiger partial charge in [0, 0.05) is 25.2 Å². The number of fused-ring (bicyclic) bond motifs is 1. The first kappa shape index (κ1) is 22.3. The number of sulfonamides is 1. The van der Waals surface area contributed by atoms with Gasteiger partial charge in [-0.2, -0.15) is 0 Å². The summed E-state index contributed by atoms with van der Waals surface area (Å²) in [7, 11) is -1.93. The number of halogens is 1. The highest BCUT2D eigenvalue weighted by Crippen LogP contribution is 2.35. The van der Waals surface area contributed by atoms with Crippen molar-refractivity contribution in [3.05, 3.63) is 83.5 Å². The van der Waals surface area contributed by atoms with Gasteiger partial charge in [-0.1, -0.05) is 42.8 Å². The van der Waals surface area contributed by atoms with Gasteiger partial charge in [0.1, 0.15) is 11.5 Å². The van der Waals surface area contributed by atoms with E-state index in [0.717, 1.165) is 27.6 Å². The Bertz CT molecular complexity index is 1390. The van der Waals surface area contributed by atoms with Crippen molar-refractivity contribution in [3.8, 4) is 22.6 Å². The minimum absolute atomic E-state index is 0.235. The smallest absolute Gasteiger partial charge is 0.242 e. The molecule has 0 aliphatic rings. The van der Waals surface area contributed by atoms with Gasteiger partial charge in [-0.05, 0) is 66.1 Å². The van der Waals surface area contributed by atoms with Gasteiger partial charge in [-0.3, -0.25) is 4.98 Å². The zero-order valence-corrected chi connectivity index (χ0v) is 19.6. The Morgan fingerprint density at radius 3 is 2.44 bits per heavy atom. The highest BCUT2D eigenvalue weighted by molar-refractivity contribution is 7.89. The minimum atomic E-state index is -3.49. The predicted octanol–water partition coefficient (Wildman–Crippen LogP) is 6.30. The molecule has 7 heteroatoms. The molecule has 5 nitrogen and oxygen atoms in total. The van der Waals surface area contributed by atoms with Crippen LogP contribution in [0.1, 0.15) is 12.5 Å². The van der Waals surface area contributed by atoms with Gasteiger partial charge in [0.05, 0.1) is 15.4 Å². The largest absolute Gasteiger partial charge is 0.457 e. The van der Waals surface area contributed by atoms with Crippen molar-refractivity contribution >= 4 is 32.5 Å². The van der Waals surface area contributed by atoms with E-state index >= 15 is 0 Å². The van der Waals surface area contributed by atoms with E-state index in [1.807, 2.05) is 55.6 Å². The van der Waals surface area contributed by atoms with Crippen LogP contribution >= 0.6 is 11.6 Å². The zero-order chi connectivity index (χ0) is 22.9. The SMILES string of the molecule is CCN(C)S(=O)(=O)c1ccc(Oc2cccc(-c3c(C)cnc4c(Cl)cccc34)c2)cc1. The lowest BCUT2D eigenvalue weighted by Gasteiger charge is -2.15. The fourth-order valence-electron chi connectivity index (χ4n) is 3.55. The van der Waals surface area contributed by atoms with Gasteiger partial charge in [-0.25, -0.2) is 12.7 Å². The Morgan fingerprint density at radius 2 is 1.72 bits per heavy atom. The Balaban J connectivity index is 1.66. The Hall–Kier alpha value is -2.93. The van der Waals surface area contributed by atoms with Gasteiger partial charge in [0.2, 0.25) is 10.0 Å². The van der Waals surface area contributed by atoms with Crippen LogP contribution < -0.4 is 4.74 Å². The standard InChI is InChI=1S/C25H23ClN2O3S/c1-4-28(3)32(29,30)21-13-11-19(12-14-21)31-20-8-5-7-18(15-20)24-17(2)16-27-25-22(24)9-6-10-23(25)26/h5-16H,4H2,1-3H3. The van der Waals surface area contributed by atoms with Crippen LogP contribution in [0.15, 0.2) is 77.8 Å². The molecule has 0 bridgehead atoms. The van der Waals surface area contributed by atoms with Gasteiger partial charge in [-0.15, -0.1) is 0 Å². The fraction of sp³-hybridized carbons (Fsp3) is 0.160. The normalized spacial score (nSPS) is 11.8. The highest BCUT2D eigenvalue weighted by atomic mass is 35.5. The Labute approximate surface area is 193 Å². The molecule has 0 aliphatic heterocycles. The van der Waals surface area contributed by atoms with Crippen LogP contribution in [-0.4, -0.2) is 31.3 Å². The molecule has 164 valence electrons. The molecule has 0 saturated carbocycles. The predicted molar refractivity (Wildman–Crippen MR) is 129 cm³/mol. The molecule has 0 atom stereocenters. The molecule has 0 saturated heterocycles. The maximum absolute atomic E-state index is 12.5. The number of aryl methyl sites for hydroxylation is 1. The summed E-state index contributed by atoms with van der Waals surface area (Å²) < 4.78 is 32.3. The van der Waals surface area contributed by atoms with Crippen LogP contribution in [0.4, 0.5) is 0 Å². The molecular weight excluding hydrogens is 444 g/mol. The Morgan fingerprint density at radius 1 is 1.00 bits per heavy atom. The second-order valence-corrected chi connectivity index (χ2v) is 9.92. The van der Waals surface area contributed by atoms with E-state index in [1.54, 1.807) is 38.2 Å². The molecule has 3 aromatic carbocycles. The molecule has 0 unspecified atom stereocenters. The molecule has 0 radical (unpaired) electrons. The first-order valence-electron chi connectivity index (χ1n) is 10.2. The third-order valence-corrected chi connectivity index (χ3v) is 7.63. The monoisotopic (exact) mass is 466 g/mol. The van der Waals surface area contributed by atoms with E-state index in [-0.39, 0.29) is 4.90 Å². The summed E-state index contributed by atoms with van der Waals surface area (Å²) in [5.41, 5.74) is 3.83. The lowest BCUT2D eigenvalue weighted by molar-refractivity contribution is 0.479. The number of para-hydroxylation sites is 1. The number of aromatic nitrogens is 1. The summed E-state index contributed by atoms with van der Waals surface area (Å²) in [4.78, 5) is 4.72. The minimum Gasteiger partial charge on any atom is -0.457 e. The van der Waals surface area contributed by atoms with Crippen molar-refractivity contribution in [2.45, 2.75) is 18.7 Å². The number of pyridine rings is 1. The van der Waals surface area contributed by atoms with Crippen LogP contribution in [0.5, 0.6) is 11.5 Å². The Kier molecular flexibility index (Phi) is 6.20. The lowest BCUT2D eigenvalue weighted by atomic mass is 9.97. The van der Waals surface area contributed by atoms with Gasteiger partial charge in [0.15, 0.2) is 0 Å². The summed E-state index contributed by atoms with van der Waals surface area (Å²) in [6.07, 6.45) is 1.82. The van der Waals surface area contributed by atoms with Crippen molar-refractivity contribution in [2.75, 3.05) is 13.6 Å². The molecule has 0 aliphatic carbocycles. The van der Waals surface area contributed by atoms with E-state index in [2.05, 4.69) is 4.98 Å². The van der Waals surface area contributed by atoms with Gasteiger partial charge in [0.25, 0.3) is 0 Å². The van der Waals surface area contributed by atoms with E-state index < -0.39 is 10.0 Å². The molecular formula is C25H23ClN2O3S. The van der Waals surface area contributed by atoms with E-state index in [4.69, 9.17) is 16.3 Å². The molecule has 32 heavy (non-hydrogen) atoms. The van der Waals surface area contributed by atoms with Crippen molar-refractivity contribution in [1.82, 2.24) is 9.29 Å². The third kappa shape index (κ3) is 4.21. The zero-order valence-electron chi connectivity index (χ0n) is 18.0. The maximum atomic E-state index is 12.5. The van der Waals surface area contributed by atoms with Crippen molar-refractivity contribution < 1.29 is 13.2 Å². The molecule has 0 amide bonds. The van der Waals surface area contributed by atoms with Crippen LogP contribution in [0.25, 0.3) is 22.0 Å². The molecule has 1 aromatic heterocycles. The molecule has 4 aromatic rings. The summed E-state index contributed by atoms with van der Waals surface area (Å²) in [5, 5.41) is 1.59. The summed E-state index contributed by atoms with van der Waals surface area (Å²) in [6, 6.07) is 20.0. The first-order chi connectivity index (χ1) is 15.3. The topological polar surface area (TPSA) is 59.5 Å². The van der Waals surface area contributed by atoms with Crippen molar-refractivity contribution in [3.63, 3.8) is 0 Å². The average molecular weight is 467 g/mol. The lowest BCUT2D eigenvalue weighted by Crippen LogP contribution is -2.26. The second kappa shape index (κ2) is 8.90. The van der Waals surface area contributed by atoms with Gasteiger partial charge < -0.3 is 4.74 Å². The molecule has 4 rings (SSSR count). The number of nitrogens with zero attached hydrogens (tertiary/aromatic N) is 2. The third-order valence-electron chi connectivity index (χ3n) is 5.37. The van der Waals surface area contributed by atoms with Crippen LogP contribution in [0, 0.1) is 6.92 Å². The number of rotatable bonds is 6. The molecule has 0 spiro atoms. The fourth-order valence-corrected chi connectivity index (χ4v) is 4.95. The van der Waals surface area contributed by atoms with Crippen LogP contribution in [0.3, 0.4) is 0 Å². The second-order valence-electron chi connectivity index (χ2n) is 7.47.